The van der Waals surface area contributed by atoms with E-state index in [1.807, 2.05) is 38.1 Å². The van der Waals surface area contributed by atoms with Gasteiger partial charge in [0.05, 0.1) is 5.75 Å². The van der Waals surface area contributed by atoms with Crippen LogP contribution in [0.1, 0.15) is 25.3 Å². The van der Waals surface area contributed by atoms with Crippen LogP contribution in [0.3, 0.4) is 0 Å². The number of hydrogen-bond acceptors (Lipinski definition) is 3. The smallest absolute Gasteiger partial charge is 0.317 e. The number of nitrogens with one attached hydrogen (secondary N) is 1. The van der Waals surface area contributed by atoms with Crippen LogP contribution in [-0.2, 0) is 9.84 Å². The predicted molar refractivity (Wildman–Crippen MR) is 90.2 cm³/mol. The molecule has 0 radical (unpaired) electrons. The van der Waals surface area contributed by atoms with Gasteiger partial charge in [-0.05, 0) is 24.6 Å². The van der Waals surface area contributed by atoms with Gasteiger partial charge in [0.25, 0.3) is 0 Å². The number of carbonyl (C=O) groups excluding carboxylic acids is 1. The van der Waals surface area contributed by atoms with E-state index in [1.54, 1.807) is 11.9 Å². The second-order valence-corrected chi connectivity index (χ2v) is 8.25. The molecule has 1 N–H and O–H groups in total. The molecule has 0 spiro atoms. The predicted octanol–water partition coefficient (Wildman–Crippen LogP) is 2.52. The van der Waals surface area contributed by atoms with Crippen LogP contribution in [0.4, 0.5) is 4.79 Å². The molecule has 7 heteroatoms. The highest BCUT2D eigenvalue weighted by molar-refractivity contribution is 7.90. The molecule has 0 saturated heterocycles. The topological polar surface area (TPSA) is 66.5 Å². The van der Waals surface area contributed by atoms with Gasteiger partial charge in [0, 0.05) is 36.8 Å². The average molecular weight is 347 g/mol. The lowest BCUT2D eigenvalue weighted by Gasteiger charge is -2.30. The molecular formula is C15H23ClN2O3S. The van der Waals surface area contributed by atoms with Gasteiger partial charge in [0.15, 0.2) is 0 Å². The first-order valence-corrected chi connectivity index (χ1v) is 9.49. The number of halogens is 1. The maximum atomic E-state index is 12.1. The molecule has 0 aliphatic rings. The first-order valence-electron chi connectivity index (χ1n) is 7.05. The van der Waals surface area contributed by atoms with Crippen molar-refractivity contribution < 1.29 is 13.2 Å². The maximum absolute atomic E-state index is 12.1. The van der Waals surface area contributed by atoms with Crippen LogP contribution in [0.25, 0.3) is 0 Å². The zero-order chi connectivity index (χ0) is 16.9. The van der Waals surface area contributed by atoms with Gasteiger partial charge in [-0.15, -0.1) is 0 Å². The number of hydrogen-bond donors (Lipinski definition) is 1. The van der Waals surface area contributed by atoms with Crippen LogP contribution in [0.5, 0.6) is 0 Å². The first-order chi connectivity index (χ1) is 10.1. The number of benzene rings is 1. The Labute approximate surface area is 137 Å². The molecule has 5 nitrogen and oxygen atoms in total. The molecule has 0 unspecified atom stereocenters. The Morgan fingerprint density at radius 2 is 1.82 bits per heavy atom. The molecule has 0 fully saturated rings. The lowest BCUT2D eigenvalue weighted by atomic mass is 9.94. The molecule has 0 bridgehead atoms. The second-order valence-electron chi connectivity index (χ2n) is 5.55. The Morgan fingerprint density at radius 3 is 2.32 bits per heavy atom. The third-order valence-electron chi connectivity index (χ3n) is 3.80. The summed E-state index contributed by atoms with van der Waals surface area (Å²) >= 11 is 5.88. The summed E-state index contributed by atoms with van der Waals surface area (Å²) in [6.45, 7) is 4.10. The monoisotopic (exact) mass is 346 g/mol. The van der Waals surface area contributed by atoms with Gasteiger partial charge in [0.2, 0.25) is 0 Å². The van der Waals surface area contributed by atoms with Crippen molar-refractivity contribution in [3.63, 3.8) is 0 Å². The van der Waals surface area contributed by atoms with E-state index in [1.165, 1.54) is 0 Å². The Hall–Kier alpha value is -1.27. The van der Waals surface area contributed by atoms with Crippen molar-refractivity contribution in [1.29, 1.82) is 0 Å². The van der Waals surface area contributed by atoms with E-state index in [4.69, 9.17) is 11.6 Å². The maximum Gasteiger partial charge on any atom is 0.317 e. The highest BCUT2D eigenvalue weighted by atomic mass is 35.5. The summed E-state index contributed by atoms with van der Waals surface area (Å²) in [6.07, 6.45) is 1.15. The fourth-order valence-electron chi connectivity index (χ4n) is 2.03. The Morgan fingerprint density at radius 1 is 1.27 bits per heavy atom. The summed E-state index contributed by atoms with van der Waals surface area (Å²) in [6, 6.07) is 7.22. The molecule has 1 aromatic carbocycles. The molecular weight excluding hydrogens is 324 g/mol. The zero-order valence-electron chi connectivity index (χ0n) is 13.3. The summed E-state index contributed by atoms with van der Waals surface area (Å²) in [5.41, 5.74) is 1.09. The molecule has 0 aliphatic heterocycles. The molecule has 22 heavy (non-hydrogen) atoms. The fourth-order valence-corrected chi connectivity index (χ4v) is 2.63. The molecule has 124 valence electrons. The summed E-state index contributed by atoms with van der Waals surface area (Å²) in [7, 11) is -1.37. The van der Waals surface area contributed by atoms with Gasteiger partial charge in [-0.25, -0.2) is 13.2 Å². The van der Waals surface area contributed by atoms with Crippen molar-refractivity contribution in [3.8, 4) is 0 Å². The van der Waals surface area contributed by atoms with E-state index in [-0.39, 0.29) is 30.3 Å². The van der Waals surface area contributed by atoms with Gasteiger partial charge in [-0.2, -0.15) is 0 Å². The van der Waals surface area contributed by atoms with Crippen molar-refractivity contribution in [3.05, 3.63) is 34.9 Å². The number of sulfone groups is 1. The van der Waals surface area contributed by atoms with Gasteiger partial charge in [0.1, 0.15) is 9.84 Å². The van der Waals surface area contributed by atoms with Crippen molar-refractivity contribution in [2.45, 2.75) is 25.8 Å². The second kappa shape index (κ2) is 7.83. The van der Waals surface area contributed by atoms with Crippen LogP contribution in [0.2, 0.25) is 5.02 Å². The minimum Gasteiger partial charge on any atom is -0.337 e. The molecule has 1 rings (SSSR count). The number of urea groups is 1. The molecule has 1 aromatic rings. The Balaban J connectivity index is 2.61. The van der Waals surface area contributed by atoms with Gasteiger partial charge in [-0.3, -0.25) is 0 Å². The minimum absolute atomic E-state index is 0.0422. The van der Waals surface area contributed by atoms with Crippen molar-refractivity contribution in [2.24, 2.45) is 0 Å². The number of likely N-dealkylation sites (N-methyl/N-ethyl adjacent to an activating group) is 1. The lowest BCUT2D eigenvalue weighted by Crippen LogP contribution is -2.45. The Bertz CT molecular complexity index is 602. The van der Waals surface area contributed by atoms with E-state index in [0.717, 1.165) is 11.8 Å². The van der Waals surface area contributed by atoms with Crippen LogP contribution < -0.4 is 5.32 Å². The van der Waals surface area contributed by atoms with Crippen LogP contribution >= 0.6 is 11.6 Å². The van der Waals surface area contributed by atoms with Crippen LogP contribution in [0.15, 0.2) is 24.3 Å². The molecule has 0 saturated carbocycles. The van der Waals surface area contributed by atoms with E-state index in [9.17, 15) is 13.2 Å². The third-order valence-corrected chi connectivity index (χ3v) is 5.00. The lowest BCUT2D eigenvalue weighted by molar-refractivity contribution is 0.188. The van der Waals surface area contributed by atoms with E-state index in [0.29, 0.717) is 5.02 Å². The SMILES string of the molecule is C[C@H]([C@@H](C)c1ccc(Cl)cc1)N(C)C(=O)NCCS(C)(=O)=O. The summed E-state index contributed by atoms with van der Waals surface area (Å²) < 4.78 is 22.1. The van der Waals surface area contributed by atoms with Crippen molar-refractivity contribution in [2.75, 3.05) is 25.6 Å². The standard InChI is InChI=1S/C15H23ClN2O3S/c1-11(13-5-7-14(16)8-6-13)12(2)18(3)15(19)17-9-10-22(4,20)21/h5-8,11-12H,9-10H2,1-4H3,(H,17,19)/t11-,12-/m1/s1. The number of carbonyl (C=O) groups is 1. The van der Waals surface area contributed by atoms with Crippen molar-refractivity contribution >= 4 is 27.5 Å². The normalized spacial score (nSPS) is 14.2. The van der Waals surface area contributed by atoms with Gasteiger partial charge < -0.3 is 10.2 Å². The van der Waals surface area contributed by atoms with Gasteiger partial charge >= 0.3 is 6.03 Å². The molecule has 2 amide bonds. The molecule has 0 aliphatic carbocycles. The summed E-state index contributed by atoms with van der Waals surface area (Å²) in [5, 5.41) is 3.30. The zero-order valence-corrected chi connectivity index (χ0v) is 14.9. The third kappa shape index (κ3) is 5.85. The van der Waals surface area contributed by atoms with Gasteiger partial charge in [-0.1, -0.05) is 30.7 Å². The summed E-state index contributed by atoms with van der Waals surface area (Å²) in [5.74, 6) is 0.0659. The Kier molecular flexibility index (Phi) is 6.68. The first kappa shape index (κ1) is 18.8. The van der Waals surface area contributed by atoms with E-state index < -0.39 is 9.84 Å². The van der Waals surface area contributed by atoms with Crippen molar-refractivity contribution in [1.82, 2.24) is 10.2 Å². The average Bonchev–Trinajstić information content (AvgIpc) is 2.44. The summed E-state index contributed by atoms with van der Waals surface area (Å²) in [4.78, 5) is 13.6. The quantitative estimate of drug-likeness (QED) is 0.860. The molecule has 0 aromatic heterocycles. The number of nitrogens with zero attached hydrogens (tertiary/aromatic N) is 1. The fraction of sp³-hybridized carbons (Fsp3) is 0.533. The highest BCUT2D eigenvalue weighted by Gasteiger charge is 2.22. The van der Waals surface area contributed by atoms with Crippen LogP contribution in [0, 0.1) is 0 Å². The minimum atomic E-state index is -3.07. The van der Waals surface area contributed by atoms with Crippen LogP contribution in [-0.4, -0.2) is 51.0 Å². The van der Waals surface area contributed by atoms with E-state index in [2.05, 4.69) is 5.32 Å². The highest BCUT2D eigenvalue weighted by Crippen LogP contribution is 2.23. The molecule has 2 atom stereocenters. The number of amides is 2. The van der Waals surface area contributed by atoms with E-state index >= 15 is 0 Å². The largest absolute Gasteiger partial charge is 0.337 e. The molecule has 0 heterocycles. The number of rotatable bonds is 6.